The molecule has 0 aliphatic rings. The second kappa shape index (κ2) is 7.46. The van der Waals surface area contributed by atoms with Crippen LogP contribution in [0, 0.1) is 3.57 Å². The first-order valence-electron chi connectivity index (χ1n) is 6.50. The predicted octanol–water partition coefficient (Wildman–Crippen LogP) is 3.63. The Labute approximate surface area is 125 Å². The SMILES string of the molecule is CCNC(Cc1ccc(I)cc1)CC(C)(C)OC. The summed E-state index contributed by atoms with van der Waals surface area (Å²) in [6.45, 7) is 7.44. The number of halogens is 1. The van der Waals surface area contributed by atoms with Crippen LogP contribution in [0.3, 0.4) is 0 Å². The van der Waals surface area contributed by atoms with Gasteiger partial charge in [-0.1, -0.05) is 19.1 Å². The van der Waals surface area contributed by atoms with Crippen molar-refractivity contribution in [1.82, 2.24) is 5.32 Å². The molecule has 0 aromatic heterocycles. The topological polar surface area (TPSA) is 21.3 Å². The first-order valence-corrected chi connectivity index (χ1v) is 7.57. The summed E-state index contributed by atoms with van der Waals surface area (Å²) in [6, 6.07) is 9.23. The minimum atomic E-state index is -0.0734. The molecule has 1 aromatic rings. The third-order valence-electron chi connectivity index (χ3n) is 3.18. The predicted molar refractivity (Wildman–Crippen MR) is 86.0 cm³/mol. The van der Waals surface area contributed by atoms with Gasteiger partial charge in [-0.3, -0.25) is 0 Å². The standard InChI is InChI=1S/C15H24INO/c1-5-17-14(11-15(2,3)18-4)10-12-6-8-13(16)9-7-12/h6-9,14,17H,5,10-11H2,1-4H3. The average molecular weight is 361 g/mol. The van der Waals surface area contributed by atoms with Crippen LogP contribution in [0.2, 0.25) is 0 Å². The molecule has 0 heterocycles. The van der Waals surface area contributed by atoms with E-state index in [9.17, 15) is 0 Å². The zero-order valence-corrected chi connectivity index (χ0v) is 14.0. The fourth-order valence-corrected chi connectivity index (χ4v) is 2.45. The van der Waals surface area contributed by atoms with Crippen molar-refractivity contribution in [2.75, 3.05) is 13.7 Å². The highest BCUT2D eigenvalue weighted by molar-refractivity contribution is 14.1. The third kappa shape index (κ3) is 5.67. The molecule has 0 spiro atoms. The summed E-state index contributed by atoms with van der Waals surface area (Å²) in [4.78, 5) is 0. The molecule has 102 valence electrons. The number of likely N-dealkylation sites (N-methyl/N-ethyl adjacent to an activating group) is 1. The van der Waals surface area contributed by atoms with Crippen LogP contribution in [0.4, 0.5) is 0 Å². The molecule has 1 aromatic carbocycles. The van der Waals surface area contributed by atoms with E-state index in [0.717, 1.165) is 19.4 Å². The van der Waals surface area contributed by atoms with Gasteiger partial charge in [-0.2, -0.15) is 0 Å². The van der Waals surface area contributed by atoms with Crippen molar-refractivity contribution in [1.29, 1.82) is 0 Å². The molecule has 0 bridgehead atoms. The van der Waals surface area contributed by atoms with Gasteiger partial charge in [0.1, 0.15) is 0 Å². The molecule has 2 nitrogen and oxygen atoms in total. The smallest absolute Gasteiger partial charge is 0.0637 e. The van der Waals surface area contributed by atoms with Crippen LogP contribution in [0.15, 0.2) is 24.3 Å². The molecule has 0 radical (unpaired) electrons. The second-order valence-electron chi connectivity index (χ2n) is 5.25. The number of nitrogens with one attached hydrogen (secondary N) is 1. The van der Waals surface area contributed by atoms with Crippen LogP contribution < -0.4 is 5.32 Å². The van der Waals surface area contributed by atoms with Gasteiger partial charge in [0.15, 0.2) is 0 Å². The molecular weight excluding hydrogens is 337 g/mol. The minimum Gasteiger partial charge on any atom is -0.379 e. The summed E-state index contributed by atoms with van der Waals surface area (Å²) in [7, 11) is 1.79. The van der Waals surface area contributed by atoms with Gasteiger partial charge in [-0.25, -0.2) is 0 Å². The number of rotatable bonds is 7. The number of ether oxygens (including phenoxy) is 1. The maximum Gasteiger partial charge on any atom is 0.0637 e. The van der Waals surface area contributed by atoms with Crippen LogP contribution in [0.5, 0.6) is 0 Å². The van der Waals surface area contributed by atoms with Crippen molar-refractivity contribution < 1.29 is 4.74 Å². The van der Waals surface area contributed by atoms with Crippen LogP contribution in [-0.4, -0.2) is 25.3 Å². The molecule has 18 heavy (non-hydrogen) atoms. The highest BCUT2D eigenvalue weighted by Gasteiger charge is 2.22. The summed E-state index contributed by atoms with van der Waals surface area (Å²) in [5.74, 6) is 0. The molecule has 0 saturated heterocycles. The van der Waals surface area contributed by atoms with Gasteiger partial charge in [-0.15, -0.1) is 0 Å². The lowest BCUT2D eigenvalue weighted by atomic mass is 9.94. The molecular formula is C15H24INO. The van der Waals surface area contributed by atoms with E-state index in [1.165, 1.54) is 9.13 Å². The molecule has 0 aliphatic carbocycles. The van der Waals surface area contributed by atoms with Gasteiger partial charge in [0, 0.05) is 16.7 Å². The Bertz CT molecular complexity index is 348. The van der Waals surface area contributed by atoms with Crippen molar-refractivity contribution in [3.05, 3.63) is 33.4 Å². The maximum atomic E-state index is 5.53. The van der Waals surface area contributed by atoms with Gasteiger partial charge in [-0.05, 0) is 73.5 Å². The number of methoxy groups -OCH3 is 1. The first kappa shape index (κ1) is 15.9. The van der Waals surface area contributed by atoms with Gasteiger partial charge < -0.3 is 10.1 Å². The molecule has 1 rings (SSSR count). The van der Waals surface area contributed by atoms with Crippen molar-refractivity contribution >= 4 is 22.6 Å². The van der Waals surface area contributed by atoms with Crippen molar-refractivity contribution in [3.8, 4) is 0 Å². The van der Waals surface area contributed by atoms with Crippen LogP contribution >= 0.6 is 22.6 Å². The largest absolute Gasteiger partial charge is 0.379 e. The van der Waals surface area contributed by atoms with Crippen molar-refractivity contribution in [2.24, 2.45) is 0 Å². The van der Waals surface area contributed by atoms with E-state index in [4.69, 9.17) is 4.74 Å². The molecule has 1 N–H and O–H groups in total. The Morgan fingerprint density at radius 2 is 1.89 bits per heavy atom. The zero-order chi connectivity index (χ0) is 13.6. The van der Waals surface area contributed by atoms with Gasteiger partial charge in [0.05, 0.1) is 5.60 Å². The van der Waals surface area contributed by atoms with E-state index in [1.807, 2.05) is 0 Å². The summed E-state index contributed by atoms with van der Waals surface area (Å²) in [5.41, 5.74) is 1.31. The molecule has 1 unspecified atom stereocenters. The molecule has 0 amide bonds. The molecule has 1 atom stereocenters. The summed E-state index contributed by atoms with van der Waals surface area (Å²) >= 11 is 2.34. The van der Waals surface area contributed by atoms with Gasteiger partial charge >= 0.3 is 0 Å². The van der Waals surface area contributed by atoms with Crippen LogP contribution in [-0.2, 0) is 11.2 Å². The fourth-order valence-electron chi connectivity index (χ4n) is 2.09. The number of hydrogen-bond donors (Lipinski definition) is 1. The van der Waals surface area contributed by atoms with Crippen LogP contribution in [0.1, 0.15) is 32.8 Å². The Morgan fingerprint density at radius 1 is 1.28 bits per heavy atom. The molecule has 0 aliphatic heterocycles. The van der Waals surface area contributed by atoms with E-state index in [1.54, 1.807) is 7.11 Å². The molecule has 3 heteroatoms. The summed E-state index contributed by atoms with van der Waals surface area (Å²) < 4.78 is 6.82. The quantitative estimate of drug-likeness (QED) is 0.749. The first-order chi connectivity index (χ1) is 8.46. The Balaban J connectivity index is 2.65. The fraction of sp³-hybridized carbons (Fsp3) is 0.600. The van der Waals surface area contributed by atoms with Crippen molar-refractivity contribution in [3.63, 3.8) is 0 Å². The van der Waals surface area contributed by atoms with Gasteiger partial charge in [0.25, 0.3) is 0 Å². The van der Waals surface area contributed by atoms with Crippen LogP contribution in [0.25, 0.3) is 0 Å². The summed E-state index contributed by atoms with van der Waals surface area (Å²) in [5, 5.41) is 3.55. The second-order valence-corrected chi connectivity index (χ2v) is 6.50. The minimum absolute atomic E-state index is 0.0734. The van der Waals surface area contributed by atoms with E-state index in [2.05, 4.69) is 72.9 Å². The molecule has 0 fully saturated rings. The lowest BCUT2D eigenvalue weighted by molar-refractivity contribution is 0.00726. The number of benzene rings is 1. The average Bonchev–Trinajstić information content (AvgIpc) is 2.32. The van der Waals surface area contributed by atoms with Crippen molar-refractivity contribution in [2.45, 2.75) is 45.3 Å². The lowest BCUT2D eigenvalue weighted by Gasteiger charge is -2.29. The lowest BCUT2D eigenvalue weighted by Crippen LogP contribution is -2.39. The maximum absolute atomic E-state index is 5.53. The van der Waals surface area contributed by atoms with Gasteiger partial charge in [0.2, 0.25) is 0 Å². The van der Waals surface area contributed by atoms with E-state index in [-0.39, 0.29) is 5.60 Å². The zero-order valence-electron chi connectivity index (χ0n) is 11.8. The highest BCUT2D eigenvalue weighted by Crippen LogP contribution is 2.18. The Kier molecular flexibility index (Phi) is 6.60. The Morgan fingerprint density at radius 3 is 2.39 bits per heavy atom. The van der Waals surface area contributed by atoms with E-state index in [0.29, 0.717) is 6.04 Å². The molecule has 0 saturated carbocycles. The normalized spacial score (nSPS) is 13.6. The monoisotopic (exact) mass is 361 g/mol. The number of hydrogen-bond acceptors (Lipinski definition) is 2. The summed E-state index contributed by atoms with van der Waals surface area (Å²) in [6.07, 6.45) is 2.07. The Hall–Kier alpha value is -0.130. The van der Waals surface area contributed by atoms with E-state index >= 15 is 0 Å². The highest BCUT2D eigenvalue weighted by atomic mass is 127. The van der Waals surface area contributed by atoms with E-state index < -0.39 is 0 Å². The third-order valence-corrected chi connectivity index (χ3v) is 3.90.